The maximum atomic E-state index is 13.1. The van der Waals surface area contributed by atoms with Crippen LogP contribution in [0.1, 0.15) is 25.3 Å². The number of nitrogens with one attached hydrogen (secondary N) is 1. The van der Waals surface area contributed by atoms with Gasteiger partial charge in [-0.05, 0) is 51.4 Å². The molecule has 0 atom stereocenters. The van der Waals surface area contributed by atoms with Gasteiger partial charge < -0.3 is 10.1 Å². The van der Waals surface area contributed by atoms with Crippen molar-refractivity contribution >= 4 is 0 Å². The third-order valence-electron chi connectivity index (χ3n) is 3.17. The average Bonchev–Trinajstić information content (AvgIpc) is 2.24. The molecular formula is C13H18FNO. The van der Waals surface area contributed by atoms with Crippen molar-refractivity contribution in [3.05, 3.63) is 29.6 Å². The van der Waals surface area contributed by atoms with Gasteiger partial charge in [0.05, 0.1) is 0 Å². The van der Waals surface area contributed by atoms with Crippen LogP contribution in [-0.2, 0) is 0 Å². The first-order chi connectivity index (χ1) is 7.59. The first-order valence-electron chi connectivity index (χ1n) is 5.75. The molecule has 1 N–H and O–H groups in total. The van der Waals surface area contributed by atoms with Crippen LogP contribution in [0.25, 0.3) is 0 Å². The lowest BCUT2D eigenvalue weighted by Gasteiger charge is -2.35. The van der Waals surface area contributed by atoms with Crippen LogP contribution >= 0.6 is 0 Å². The molecule has 1 aliphatic heterocycles. The number of halogens is 1. The van der Waals surface area contributed by atoms with Gasteiger partial charge in [-0.1, -0.05) is 6.07 Å². The molecule has 0 aliphatic carbocycles. The summed E-state index contributed by atoms with van der Waals surface area (Å²) in [5, 5.41) is 3.30. The Bertz CT molecular complexity index is 372. The number of hydrogen-bond donors (Lipinski definition) is 1. The van der Waals surface area contributed by atoms with Gasteiger partial charge in [-0.15, -0.1) is 0 Å². The van der Waals surface area contributed by atoms with E-state index in [0.717, 1.165) is 31.5 Å². The molecule has 1 aliphatic rings. The van der Waals surface area contributed by atoms with E-state index >= 15 is 0 Å². The second-order valence-corrected chi connectivity index (χ2v) is 4.71. The van der Waals surface area contributed by atoms with Crippen molar-refractivity contribution in [3.8, 4) is 5.75 Å². The molecule has 1 fully saturated rings. The highest BCUT2D eigenvalue weighted by molar-refractivity contribution is 5.33. The number of ether oxygens (including phenoxy) is 1. The SMILES string of the molecule is Cc1ccc(F)cc1OC1(C)CCNCC1. The maximum absolute atomic E-state index is 13.1. The number of piperidine rings is 1. The van der Waals surface area contributed by atoms with Crippen LogP contribution in [0, 0.1) is 12.7 Å². The fourth-order valence-electron chi connectivity index (χ4n) is 2.01. The second-order valence-electron chi connectivity index (χ2n) is 4.71. The molecule has 0 aromatic heterocycles. The molecule has 0 unspecified atom stereocenters. The fourth-order valence-corrected chi connectivity index (χ4v) is 2.01. The zero-order chi connectivity index (χ0) is 11.6. The number of rotatable bonds is 2. The molecule has 2 nitrogen and oxygen atoms in total. The molecule has 3 heteroatoms. The summed E-state index contributed by atoms with van der Waals surface area (Å²) in [7, 11) is 0. The van der Waals surface area contributed by atoms with Crippen molar-refractivity contribution in [1.82, 2.24) is 5.32 Å². The van der Waals surface area contributed by atoms with E-state index in [1.54, 1.807) is 6.07 Å². The first-order valence-corrected chi connectivity index (χ1v) is 5.75. The fraction of sp³-hybridized carbons (Fsp3) is 0.538. The van der Waals surface area contributed by atoms with E-state index in [1.807, 2.05) is 6.92 Å². The topological polar surface area (TPSA) is 21.3 Å². The Kier molecular flexibility index (Phi) is 3.15. The molecule has 0 radical (unpaired) electrons. The molecular weight excluding hydrogens is 205 g/mol. The molecule has 1 saturated heterocycles. The second kappa shape index (κ2) is 4.42. The van der Waals surface area contributed by atoms with Crippen LogP contribution < -0.4 is 10.1 Å². The highest BCUT2D eigenvalue weighted by Gasteiger charge is 2.29. The Hall–Kier alpha value is -1.09. The minimum Gasteiger partial charge on any atom is -0.487 e. The van der Waals surface area contributed by atoms with E-state index in [-0.39, 0.29) is 11.4 Å². The average molecular weight is 223 g/mol. The van der Waals surface area contributed by atoms with Crippen molar-refractivity contribution in [2.45, 2.75) is 32.3 Å². The van der Waals surface area contributed by atoms with Gasteiger partial charge in [0.15, 0.2) is 0 Å². The van der Waals surface area contributed by atoms with Crippen LogP contribution in [0.2, 0.25) is 0 Å². The molecule has 16 heavy (non-hydrogen) atoms. The smallest absolute Gasteiger partial charge is 0.126 e. The van der Waals surface area contributed by atoms with Gasteiger partial charge in [-0.25, -0.2) is 4.39 Å². The molecule has 2 rings (SSSR count). The van der Waals surface area contributed by atoms with E-state index < -0.39 is 0 Å². The number of hydrogen-bond acceptors (Lipinski definition) is 2. The number of aryl methyl sites for hydroxylation is 1. The normalized spacial score (nSPS) is 19.4. The third kappa shape index (κ3) is 2.53. The Balaban J connectivity index is 2.15. The van der Waals surface area contributed by atoms with Crippen LogP contribution in [0.15, 0.2) is 18.2 Å². The summed E-state index contributed by atoms with van der Waals surface area (Å²) in [6.45, 7) is 5.97. The Morgan fingerprint density at radius 3 is 2.69 bits per heavy atom. The summed E-state index contributed by atoms with van der Waals surface area (Å²) in [6.07, 6.45) is 1.92. The molecule has 0 amide bonds. The Morgan fingerprint density at radius 2 is 2.00 bits per heavy atom. The minimum absolute atomic E-state index is 0.163. The third-order valence-corrected chi connectivity index (χ3v) is 3.17. The summed E-state index contributed by atoms with van der Waals surface area (Å²) in [4.78, 5) is 0. The van der Waals surface area contributed by atoms with Gasteiger partial charge >= 0.3 is 0 Å². The van der Waals surface area contributed by atoms with Gasteiger partial charge in [0.1, 0.15) is 17.2 Å². The molecule has 1 aromatic rings. The van der Waals surface area contributed by atoms with Crippen molar-refractivity contribution in [2.24, 2.45) is 0 Å². The van der Waals surface area contributed by atoms with Crippen LogP contribution in [0.3, 0.4) is 0 Å². The minimum atomic E-state index is -0.238. The van der Waals surface area contributed by atoms with Gasteiger partial charge in [-0.3, -0.25) is 0 Å². The largest absolute Gasteiger partial charge is 0.487 e. The summed E-state index contributed by atoms with van der Waals surface area (Å²) in [5.74, 6) is 0.433. The summed E-state index contributed by atoms with van der Waals surface area (Å²) >= 11 is 0. The first kappa shape index (κ1) is 11.4. The van der Waals surface area contributed by atoms with Gasteiger partial charge in [-0.2, -0.15) is 0 Å². The van der Waals surface area contributed by atoms with Crippen LogP contribution in [0.4, 0.5) is 4.39 Å². The van der Waals surface area contributed by atoms with Crippen LogP contribution in [-0.4, -0.2) is 18.7 Å². The van der Waals surface area contributed by atoms with E-state index in [2.05, 4.69) is 12.2 Å². The molecule has 1 aromatic carbocycles. The Morgan fingerprint density at radius 1 is 1.31 bits per heavy atom. The predicted octanol–water partition coefficient (Wildman–Crippen LogP) is 2.66. The van der Waals surface area contributed by atoms with Gasteiger partial charge in [0.2, 0.25) is 0 Å². The highest BCUT2D eigenvalue weighted by atomic mass is 19.1. The Labute approximate surface area is 95.8 Å². The molecule has 0 spiro atoms. The lowest BCUT2D eigenvalue weighted by Crippen LogP contribution is -2.43. The van der Waals surface area contributed by atoms with E-state index in [0.29, 0.717) is 5.75 Å². The van der Waals surface area contributed by atoms with Gasteiger partial charge in [0.25, 0.3) is 0 Å². The summed E-state index contributed by atoms with van der Waals surface area (Å²) in [5.41, 5.74) is 0.824. The lowest BCUT2D eigenvalue weighted by molar-refractivity contribution is 0.0545. The van der Waals surface area contributed by atoms with Crippen LogP contribution in [0.5, 0.6) is 5.75 Å². The van der Waals surface area contributed by atoms with E-state index in [9.17, 15) is 4.39 Å². The zero-order valence-corrected chi connectivity index (χ0v) is 9.85. The van der Waals surface area contributed by atoms with Crippen molar-refractivity contribution in [2.75, 3.05) is 13.1 Å². The highest BCUT2D eigenvalue weighted by Crippen LogP contribution is 2.28. The monoisotopic (exact) mass is 223 g/mol. The standard InChI is InChI=1S/C13H18FNO/c1-10-3-4-11(14)9-12(10)16-13(2)5-7-15-8-6-13/h3-4,9,15H,5-8H2,1-2H3. The van der Waals surface area contributed by atoms with E-state index in [4.69, 9.17) is 4.74 Å². The molecule has 0 saturated carbocycles. The van der Waals surface area contributed by atoms with E-state index in [1.165, 1.54) is 12.1 Å². The molecule has 88 valence electrons. The quantitative estimate of drug-likeness (QED) is 0.832. The summed E-state index contributed by atoms with van der Waals surface area (Å²) < 4.78 is 19.1. The number of benzene rings is 1. The predicted molar refractivity (Wildman–Crippen MR) is 62.3 cm³/mol. The van der Waals surface area contributed by atoms with Crippen molar-refractivity contribution in [3.63, 3.8) is 0 Å². The molecule has 1 heterocycles. The molecule has 0 bridgehead atoms. The summed E-state index contributed by atoms with van der Waals surface area (Å²) in [6, 6.07) is 4.70. The van der Waals surface area contributed by atoms with Gasteiger partial charge in [0, 0.05) is 6.07 Å². The lowest BCUT2D eigenvalue weighted by atomic mass is 9.94. The maximum Gasteiger partial charge on any atom is 0.126 e. The van der Waals surface area contributed by atoms with Crippen molar-refractivity contribution < 1.29 is 9.13 Å². The zero-order valence-electron chi connectivity index (χ0n) is 9.85. The van der Waals surface area contributed by atoms with Crippen molar-refractivity contribution in [1.29, 1.82) is 0 Å².